The van der Waals surface area contributed by atoms with E-state index < -0.39 is 74.5 Å². The summed E-state index contributed by atoms with van der Waals surface area (Å²) in [4.78, 5) is 33.4. The Morgan fingerprint density at radius 3 is 1.38 bits per heavy atom. The molecular weight excluding hydrogens is 1070 g/mol. The summed E-state index contributed by atoms with van der Waals surface area (Å²) in [6.07, 6.45) is -11.6. The van der Waals surface area contributed by atoms with Crippen molar-refractivity contribution < 1.29 is 59.2 Å². The van der Waals surface area contributed by atoms with E-state index in [9.17, 15) is 40.2 Å². The summed E-state index contributed by atoms with van der Waals surface area (Å²) >= 11 is 26.7. The Labute approximate surface area is 449 Å². The third-order valence-electron chi connectivity index (χ3n) is 15.7. The molecule has 10 aromatic rings. The second-order valence-corrected chi connectivity index (χ2v) is 21.1. The van der Waals surface area contributed by atoms with Gasteiger partial charge in [-0.2, -0.15) is 0 Å². The molecular formula is C54H46Cl4N6O12. The number of aromatic nitrogens is 4. The predicted octanol–water partition coefficient (Wildman–Crippen LogP) is 7.21. The number of amides is 2. The molecule has 0 bridgehead atoms. The van der Waals surface area contributed by atoms with Gasteiger partial charge in [-0.15, -0.1) is 0 Å². The molecule has 2 fully saturated rings. The van der Waals surface area contributed by atoms with Crippen LogP contribution >= 0.6 is 46.4 Å². The highest BCUT2D eigenvalue weighted by molar-refractivity contribution is 6.42. The molecule has 0 saturated carbocycles. The molecule has 4 aromatic heterocycles. The second-order valence-electron chi connectivity index (χ2n) is 19.5. The van der Waals surface area contributed by atoms with Crippen LogP contribution in [0, 0.1) is 0 Å². The van der Waals surface area contributed by atoms with E-state index in [4.69, 9.17) is 65.4 Å². The first-order valence-corrected chi connectivity index (χ1v) is 25.9. The number of carbonyl (C=O) groups excluding carboxylic acids is 2. The van der Waals surface area contributed by atoms with Crippen LogP contribution < -0.4 is 10.6 Å². The van der Waals surface area contributed by atoms with Crippen molar-refractivity contribution in [2.75, 3.05) is 27.4 Å². The Kier molecular flexibility index (Phi) is 12.1. The summed E-state index contributed by atoms with van der Waals surface area (Å²) in [7, 11) is 2.76. The van der Waals surface area contributed by atoms with Crippen LogP contribution in [0.15, 0.2) is 72.8 Å². The van der Waals surface area contributed by atoms with E-state index in [1.807, 2.05) is 42.5 Å². The Hall–Kier alpha value is -5.78. The maximum Gasteiger partial charge on any atom is 0.252 e. The summed E-state index contributed by atoms with van der Waals surface area (Å²) in [5.41, 5.74) is 7.65. The van der Waals surface area contributed by atoms with E-state index in [1.54, 1.807) is 39.5 Å². The average molecular weight is 1110 g/mol. The van der Waals surface area contributed by atoms with Crippen LogP contribution in [-0.4, -0.2) is 138 Å². The van der Waals surface area contributed by atoms with Gasteiger partial charge in [-0.1, -0.05) is 94.9 Å². The third-order valence-corrected chi connectivity index (χ3v) is 17.0. The van der Waals surface area contributed by atoms with Crippen LogP contribution in [0.2, 0.25) is 20.1 Å². The molecule has 8 heterocycles. The van der Waals surface area contributed by atoms with Crippen molar-refractivity contribution in [1.82, 2.24) is 29.7 Å². The summed E-state index contributed by atoms with van der Waals surface area (Å²) in [6, 6.07) is 21.9. The van der Waals surface area contributed by atoms with Gasteiger partial charge in [0.05, 0.1) is 88.6 Å². The molecule has 10 atom stereocenters. The molecule has 4 aliphatic heterocycles. The molecule has 0 radical (unpaired) electrons. The van der Waals surface area contributed by atoms with Crippen molar-refractivity contribution in [3.63, 3.8) is 0 Å². The van der Waals surface area contributed by atoms with Crippen LogP contribution in [0.5, 0.6) is 0 Å². The van der Waals surface area contributed by atoms with Gasteiger partial charge in [-0.05, 0) is 35.4 Å². The molecule has 0 unspecified atom stereocenters. The fourth-order valence-corrected chi connectivity index (χ4v) is 13.5. The maximum atomic E-state index is 13.3. The lowest BCUT2D eigenvalue weighted by Crippen LogP contribution is -2.57. The van der Waals surface area contributed by atoms with Gasteiger partial charge in [-0.25, -0.2) is 0 Å². The molecule has 76 heavy (non-hydrogen) atoms. The number of halogens is 4. The number of H-pyrrole nitrogens is 2. The van der Waals surface area contributed by atoms with Gasteiger partial charge in [0.2, 0.25) is 0 Å². The molecule has 10 N–H and O–H groups in total. The van der Waals surface area contributed by atoms with Crippen LogP contribution in [0.1, 0.15) is 44.3 Å². The van der Waals surface area contributed by atoms with Crippen molar-refractivity contribution in [2.24, 2.45) is 0 Å². The van der Waals surface area contributed by atoms with E-state index in [0.717, 1.165) is 38.1 Å². The van der Waals surface area contributed by atoms with Gasteiger partial charge in [0.25, 0.3) is 11.8 Å². The number of ether oxygens (including phenoxy) is 4. The smallest absolute Gasteiger partial charge is 0.252 e. The highest BCUT2D eigenvalue weighted by Gasteiger charge is 2.49. The lowest BCUT2D eigenvalue weighted by atomic mass is 9.96. The Morgan fingerprint density at radius 2 is 0.908 bits per heavy atom. The van der Waals surface area contributed by atoms with Crippen molar-refractivity contribution in [2.45, 2.75) is 74.4 Å². The Balaban J connectivity index is 0.000000146. The van der Waals surface area contributed by atoms with Crippen molar-refractivity contribution in [1.29, 1.82) is 0 Å². The number of nitrogens with one attached hydrogen (secondary N) is 4. The zero-order chi connectivity index (χ0) is 52.9. The molecule has 4 aliphatic rings. The van der Waals surface area contributed by atoms with E-state index in [1.165, 1.54) is 14.2 Å². The van der Waals surface area contributed by atoms with Crippen LogP contribution in [-0.2, 0) is 32.0 Å². The van der Waals surface area contributed by atoms with Crippen molar-refractivity contribution >= 4 is 145 Å². The van der Waals surface area contributed by atoms with Crippen LogP contribution in [0.25, 0.3) is 87.2 Å². The number of hydrogen-bond donors (Lipinski definition) is 10. The standard InChI is InChI=1S/2C27H23Cl2N3O6/c1-37-25-15(9-33)38-27(24(35)23(25)34)32-21-11(5-3-7-14(21)29)16-12-8-30-26(36)18(12)17-10-4-2-6-13(28)19(10)31-20(17)22(16)32;1-37-25-15(9-33)38-27(24(35)23(25)34)32-21-11(5-3-7-14(21)29)17-18-12(8-30-26(18)36)16-10-4-2-6-13(28)19(10)31-20(16)22(17)32/h2*2-7,15,23-25,27,31,33-35H,8-9H2,1H3,(H,30,36)/t2*15-,23-,24-,25-,27-/m11/s1. The fourth-order valence-electron chi connectivity index (χ4n) is 12.6. The molecule has 2 saturated heterocycles. The number of hydrogen-bond acceptors (Lipinski definition) is 12. The van der Waals surface area contributed by atoms with Crippen LogP contribution in [0.4, 0.5) is 0 Å². The monoisotopic (exact) mass is 1110 g/mol. The zero-order valence-corrected chi connectivity index (χ0v) is 43.1. The largest absolute Gasteiger partial charge is 0.394 e. The molecule has 22 heteroatoms. The second kappa shape index (κ2) is 18.4. The minimum absolute atomic E-state index is 0.191. The lowest BCUT2D eigenvalue weighted by molar-refractivity contribution is -0.255. The first-order valence-electron chi connectivity index (χ1n) is 24.3. The summed E-state index contributed by atoms with van der Waals surface area (Å²) in [5, 5.41) is 78.4. The van der Waals surface area contributed by atoms with Gasteiger partial charge in [0.1, 0.15) is 48.8 Å². The molecule has 392 valence electrons. The number of benzene rings is 6. The van der Waals surface area contributed by atoms with Gasteiger partial charge in [0.15, 0.2) is 12.5 Å². The zero-order valence-electron chi connectivity index (χ0n) is 40.1. The predicted molar refractivity (Wildman–Crippen MR) is 288 cm³/mol. The number of carbonyl (C=O) groups is 2. The fraction of sp³-hybridized carbons (Fsp3) is 0.296. The number of para-hydroxylation sites is 4. The summed E-state index contributed by atoms with van der Waals surface area (Å²) in [5.74, 6) is -0.413. The first kappa shape index (κ1) is 49.8. The third kappa shape index (κ3) is 6.84. The molecule has 18 nitrogen and oxygen atoms in total. The maximum absolute atomic E-state index is 13.3. The highest BCUT2D eigenvalue weighted by atomic mass is 35.5. The number of aliphatic hydroxyl groups is 6. The van der Waals surface area contributed by atoms with Gasteiger partial charge in [0, 0.05) is 70.4 Å². The van der Waals surface area contributed by atoms with Gasteiger partial charge >= 0.3 is 0 Å². The highest BCUT2D eigenvalue weighted by Crippen LogP contribution is 2.50. The number of rotatable bonds is 6. The van der Waals surface area contributed by atoms with Crippen LogP contribution in [0.3, 0.4) is 0 Å². The number of aliphatic hydroxyl groups excluding tert-OH is 6. The Bertz CT molecular complexity index is 4110. The molecule has 6 aromatic carbocycles. The lowest BCUT2D eigenvalue weighted by Gasteiger charge is -2.42. The van der Waals surface area contributed by atoms with Crippen molar-refractivity contribution in [3.8, 4) is 0 Å². The van der Waals surface area contributed by atoms with Gasteiger partial charge < -0.3 is 79.3 Å². The topological polar surface area (TPSA) is 258 Å². The molecule has 0 spiro atoms. The SMILES string of the molecule is CO[C@H]1[C@H](O)[C@@H](O)[C@H](n2c3c(Cl)cccc3c3c4c(c5c6cccc(Cl)c6[nH]c5c32)C(=O)NC4)O[C@@H]1CO.CO[C@H]1[C@H](O)[C@@H](O)[C@H](n2c3c(Cl)cccc3c3c4c(c5c6cccc(Cl)c6[nH]c5c32)CNC4=O)O[C@@H]1CO. The molecule has 14 rings (SSSR count). The number of nitrogens with zero attached hydrogens (tertiary/aromatic N) is 2. The van der Waals surface area contributed by atoms with Crippen molar-refractivity contribution in [3.05, 3.63) is 115 Å². The van der Waals surface area contributed by atoms with E-state index in [2.05, 4.69) is 20.6 Å². The number of fused-ring (bicyclic) bond motifs is 20. The van der Waals surface area contributed by atoms with Gasteiger partial charge in [-0.3, -0.25) is 9.59 Å². The molecule has 2 amide bonds. The first-order chi connectivity index (χ1) is 36.7. The minimum atomic E-state index is -1.44. The quantitative estimate of drug-likeness (QED) is 0.0793. The Morgan fingerprint density at radius 1 is 0.513 bits per heavy atom. The average Bonchev–Trinajstić information content (AvgIpc) is 4.45. The van der Waals surface area contributed by atoms with E-state index in [0.29, 0.717) is 105 Å². The van der Waals surface area contributed by atoms with E-state index in [-0.39, 0.29) is 11.8 Å². The minimum Gasteiger partial charge on any atom is -0.394 e. The molecule has 0 aliphatic carbocycles. The number of methoxy groups -OCH3 is 2. The number of aromatic amines is 2. The summed E-state index contributed by atoms with van der Waals surface area (Å²) < 4.78 is 26.6. The normalized spacial score (nSPS) is 25.6. The van der Waals surface area contributed by atoms with E-state index >= 15 is 0 Å². The summed E-state index contributed by atoms with van der Waals surface area (Å²) in [6.45, 7) is -0.231.